The minimum atomic E-state index is -1.48. The average molecular weight is 717 g/mol. The molecule has 5 N–H and O–H groups in total. The molecule has 0 radical (unpaired) electrons. The lowest BCUT2D eigenvalue weighted by molar-refractivity contribution is -0.295. The van der Waals surface area contributed by atoms with Gasteiger partial charge in [0.25, 0.3) is 5.91 Å². The van der Waals surface area contributed by atoms with E-state index < -0.39 is 30.7 Å². The lowest BCUT2D eigenvalue weighted by Gasteiger charge is -2.40. The predicted molar refractivity (Wildman–Crippen MR) is 192 cm³/mol. The van der Waals surface area contributed by atoms with Crippen LogP contribution in [0.4, 0.5) is 5.69 Å². The van der Waals surface area contributed by atoms with Crippen LogP contribution in [-0.2, 0) is 23.9 Å². The maximum Gasteiger partial charge on any atom is 0.251 e. The second kappa shape index (κ2) is 21.5. The number of carbonyl (C=O) groups is 4. The third-order valence-electron chi connectivity index (χ3n) is 8.06. The average Bonchev–Trinajstić information content (AvgIpc) is 3.09. The maximum atomic E-state index is 12.3. The van der Waals surface area contributed by atoms with Crippen molar-refractivity contribution in [1.82, 2.24) is 5.32 Å². The molecule has 0 aliphatic carbocycles. The molecule has 2 aromatic carbocycles. The minimum absolute atomic E-state index is 0.00469. The molecule has 284 valence electrons. The van der Waals surface area contributed by atoms with Crippen LogP contribution in [0.2, 0.25) is 0 Å². The number of benzene rings is 2. The molecule has 0 bridgehead atoms. The number of methoxy groups -OCH3 is 1. The van der Waals surface area contributed by atoms with E-state index in [-0.39, 0.29) is 47.9 Å². The highest BCUT2D eigenvalue weighted by molar-refractivity contribution is 5.94. The number of aliphatic hydroxyl groups excluding tert-OH is 3. The summed E-state index contributed by atoms with van der Waals surface area (Å²) >= 11 is 0. The topological polar surface area (TPSA) is 190 Å². The summed E-state index contributed by atoms with van der Waals surface area (Å²) in [5.74, 6) is 1.30. The van der Waals surface area contributed by atoms with E-state index in [4.69, 9.17) is 18.9 Å². The van der Waals surface area contributed by atoms with Gasteiger partial charge in [0, 0.05) is 55.5 Å². The Labute approximate surface area is 301 Å². The summed E-state index contributed by atoms with van der Waals surface area (Å²) in [4.78, 5) is 46.6. The van der Waals surface area contributed by atoms with Gasteiger partial charge in [-0.15, -0.1) is 0 Å². The first-order valence-electron chi connectivity index (χ1n) is 17.3. The van der Waals surface area contributed by atoms with Crippen LogP contribution in [0.15, 0.2) is 48.5 Å². The Kier molecular flexibility index (Phi) is 18.2. The minimum Gasteiger partial charge on any atom is -0.497 e. The number of ketones is 2. The van der Waals surface area contributed by atoms with Gasteiger partial charge in [-0.1, -0.05) is 34.6 Å². The zero-order valence-corrected chi connectivity index (χ0v) is 30.8. The van der Waals surface area contributed by atoms with Gasteiger partial charge in [0.2, 0.25) is 5.91 Å². The van der Waals surface area contributed by atoms with Crippen LogP contribution < -0.4 is 20.1 Å². The number of aliphatic hydroxyl groups is 3. The molecular weight excluding hydrogens is 660 g/mol. The molecule has 1 saturated heterocycles. The number of rotatable bonds is 17. The van der Waals surface area contributed by atoms with E-state index in [1.54, 1.807) is 48.5 Å². The number of nitrogens with one attached hydrogen (secondary N) is 2. The number of ether oxygens (including phenoxy) is 4. The first kappa shape index (κ1) is 43.3. The van der Waals surface area contributed by atoms with E-state index in [1.807, 2.05) is 34.6 Å². The zero-order valence-electron chi connectivity index (χ0n) is 30.8. The van der Waals surface area contributed by atoms with Gasteiger partial charge in [-0.05, 0) is 67.8 Å². The summed E-state index contributed by atoms with van der Waals surface area (Å²) in [7, 11) is 1.53. The van der Waals surface area contributed by atoms with Gasteiger partial charge in [-0.25, -0.2) is 0 Å². The van der Waals surface area contributed by atoms with E-state index in [0.717, 1.165) is 11.4 Å². The third kappa shape index (κ3) is 15.5. The zero-order chi connectivity index (χ0) is 38.1. The van der Waals surface area contributed by atoms with Crippen LogP contribution in [0.25, 0.3) is 0 Å². The van der Waals surface area contributed by atoms with Crippen LogP contribution in [0.1, 0.15) is 84.0 Å². The predicted octanol–water partition coefficient (Wildman–Crippen LogP) is 4.06. The van der Waals surface area contributed by atoms with Crippen molar-refractivity contribution >= 4 is 29.1 Å². The Morgan fingerprint density at radius 2 is 1.45 bits per heavy atom. The van der Waals surface area contributed by atoms with Crippen molar-refractivity contribution in [3.05, 3.63) is 54.1 Å². The second-order valence-electron chi connectivity index (χ2n) is 13.7. The lowest BCUT2D eigenvalue weighted by Crippen LogP contribution is -2.60. The molecule has 3 rings (SSSR count). The Morgan fingerprint density at radius 3 is 2.02 bits per heavy atom. The third-order valence-corrected chi connectivity index (χ3v) is 8.06. The normalized spacial score (nSPS) is 20.1. The lowest BCUT2D eigenvalue weighted by atomic mass is 9.88. The highest BCUT2D eigenvalue weighted by atomic mass is 16.7. The summed E-state index contributed by atoms with van der Waals surface area (Å²) in [6.45, 7) is 11.6. The van der Waals surface area contributed by atoms with Gasteiger partial charge in [0.15, 0.2) is 6.29 Å². The first-order valence-corrected chi connectivity index (χ1v) is 17.3. The Bertz CT molecular complexity index is 1370. The van der Waals surface area contributed by atoms with Crippen LogP contribution >= 0.6 is 0 Å². The number of hydrogen-bond donors (Lipinski definition) is 5. The van der Waals surface area contributed by atoms with Gasteiger partial charge in [0.05, 0.1) is 13.7 Å². The number of amides is 2. The Morgan fingerprint density at radius 1 is 0.824 bits per heavy atom. The molecule has 13 nitrogen and oxygen atoms in total. The van der Waals surface area contributed by atoms with E-state index >= 15 is 0 Å². The van der Waals surface area contributed by atoms with Gasteiger partial charge in [-0.3, -0.25) is 19.2 Å². The summed E-state index contributed by atoms with van der Waals surface area (Å²) in [5, 5.41) is 35.8. The fraction of sp³-hybridized carbons (Fsp3) is 0.579. The van der Waals surface area contributed by atoms with Crippen LogP contribution in [0.3, 0.4) is 0 Å². The number of carbonyl (C=O) groups excluding carboxylic acids is 4. The molecule has 0 spiro atoms. The Balaban J connectivity index is 0.000000389. The number of anilines is 1. The number of hydrogen-bond acceptors (Lipinski definition) is 11. The van der Waals surface area contributed by atoms with Crippen molar-refractivity contribution < 1.29 is 53.4 Å². The largest absolute Gasteiger partial charge is 0.497 e. The van der Waals surface area contributed by atoms with Crippen molar-refractivity contribution in [2.45, 2.75) is 104 Å². The summed E-state index contributed by atoms with van der Waals surface area (Å²) in [6, 6.07) is 13.7. The maximum absolute atomic E-state index is 12.3. The fourth-order valence-electron chi connectivity index (χ4n) is 4.79. The van der Waals surface area contributed by atoms with Crippen molar-refractivity contribution in [1.29, 1.82) is 0 Å². The molecule has 1 aliphatic heterocycles. The fourth-order valence-corrected chi connectivity index (χ4v) is 4.79. The second-order valence-corrected chi connectivity index (χ2v) is 13.7. The molecule has 51 heavy (non-hydrogen) atoms. The standard InChI is InChI=1S/C22H33NO8.C16H23NO3/c1-13(2)16(24)6-4-5-11-30-22-20(27)19(26)18(25)17(31-22)12-23-21(28)14-7-9-15(29-3)10-8-14;1-12(18)17-13-7-9-14(10-8-13)20-11-5-6-15(19)16(2,3)4/h7-10,13,17-20,22,25-27H,4-6,11-12H2,1-3H3,(H,23,28);7-10H,5-6,11H2,1-4H3,(H,17,18)/t17?,18-,19+,20?,22-;/m1./s1. The van der Waals surface area contributed by atoms with Crippen LogP contribution in [0, 0.1) is 11.3 Å². The molecule has 5 atom stereocenters. The highest BCUT2D eigenvalue weighted by Gasteiger charge is 2.44. The van der Waals surface area contributed by atoms with Gasteiger partial charge < -0.3 is 44.9 Å². The molecule has 0 saturated carbocycles. The molecule has 1 fully saturated rings. The van der Waals surface area contributed by atoms with Crippen molar-refractivity contribution in [2.24, 2.45) is 11.3 Å². The number of Topliss-reactive ketones (excluding diaryl/α,β-unsaturated/α-hetero) is 2. The monoisotopic (exact) mass is 716 g/mol. The molecule has 13 heteroatoms. The van der Waals surface area contributed by atoms with Gasteiger partial charge in [0.1, 0.15) is 47.5 Å². The molecular formula is C38H56N2O11. The summed E-state index contributed by atoms with van der Waals surface area (Å²) < 4.78 is 21.7. The van der Waals surface area contributed by atoms with E-state index in [2.05, 4.69) is 10.6 Å². The molecule has 2 unspecified atom stereocenters. The van der Waals surface area contributed by atoms with Crippen molar-refractivity contribution in [3.8, 4) is 11.5 Å². The van der Waals surface area contributed by atoms with Crippen LogP contribution in [0.5, 0.6) is 11.5 Å². The Hall–Kier alpha value is -3.88. The van der Waals surface area contributed by atoms with Crippen molar-refractivity contribution in [3.63, 3.8) is 0 Å². The first-order chi connectivity index (χ1) is 24.0. The van der Waals surface area contributed by atoms with Crippen molar-refractivity contribution in [2.75, 3.05) is 32.2 Å². The van der Waals surface area contributed by atoms with E-state index in [0.29, 0.717) is 50.0 Å². The quantitative estimate of drug-likeness (QED) is 0.149. The molecule has 0 aromatic heterocycles. The SMILES string of the molecule is CC(=O)Nc1ccc(OCCCC(=O)C(C)(C)C)cc1.COc1ccc(C(=O)NCC2O[C@@H](OCCCCC(=O)C(C)C)C(O)[C@@H](O)[C@@H]2O)cc1. The molecule has 1 heterocycles. The van der Waals surface area contributed by atoms with E-state index in [1.165, 1.54) is 14.0 Å². The highest BCUT2D eigenvalue weighted by Crippen LogP contribution is 2.23. The molecule has 1 aliphatic rings. The summed E-state index contributed by atoms with van der Waals surface area (Å²) in [5.41, 5.74) is 0.864. The van der Waals surface area contributed by atoms with Crippen LogP contribution in [-0.4, -0.2) is 96.3 Å². The molecule has 2 aromatic rings. The van der Waals surface area contributed by atoms with E-state index in [9.17, 15) is 34.5 Å². The summed E-state index contributed by atoms with van der Waals surface area (Å²) in [6.07, 6.45) is -3.49. The van der Waals surface area contributed by atoms with Gasteiger partial charge in [-0.2, -0.15) is 0 Å². The smallest absolute Gasteiger partial charge is 0.251 e. The number of unbranched alkanes of at least 4 members (excludes halogenated alkanes) is 1. The molecule has 2 amide bonds. The van der Waals surface area contributed by atoms with Gasteiger partial charge >= 0.3 is 0 Å².